The standard InChI is InChI=1S/C25H35N5O/c1-20-9-11-21(12-10-20)19-28-25(29-23-7-3-2-4-8-23)27-15-5-6-16-30-17-13-22(14-18-30)24(26)31/h2-4,7-12,22H,5-6,13-19H2,1H3,(H2,26,31)(H2,27,28,29). The number of aryl methyl sites for hydroxylation is 1. The molecule has 1 saturated heterocycles. The smallest absolute Gasteiger partial charge is 0.220 e. The summed E-state index contributed by atoms with van der Waals surface area (Å²) in [7, 11) is 0. The number of aliphatic imine (C=N–C) groups is 1. The molecule has 4 N–H and O–H groups in total. The van der Waals surface area contributed by atoms with E-state index in [4.69, 9.17) is 10.7 Å². The lowest BCUT2D eigenvalue weighted by atomic mass is 9.96. The van der Waals surface area contributed by atoms with Crippen LogP contribution >= 0.6 is 0 Å². The monoisotopic (exact) mass is 421 g/mol. The molecule has 1 fully saturated rings. The molecule has 0 unspecified atom stereocenters. The van der Waals surface area contributed by atoms with Gasteiger partial charge in [-0.25, -0.2) is 4.99 Å². The van der Waals surface area contributed by atoms with Gasteiger partial charge in [-0.3, -0.25) is 4.79 Å². The number of unbranched alkanes of at least 4 members (excludes halogenated alkanes) is 1. The molecule has 31 heavy (non-hydrogen) atoms. The Balaban J connectivity index is 1.44. The highest BCUT2D eigenvalue weighted by Crippen LogP contribution is 2.16. The fraction of sp³-hybridized carbons (Fsp3) is 0.440. The Bertz CT molecular complexity index is 827. The number of piperidine rings is 1. The van der Waals surface area contributed by atoms with Crippen molar-refractivity contribution >= 4 is 17.6 Å². The second kappa shape index (κ2) is 12.1. The Morgan fingerprint density at radius 1 is 1.06 bits per heavy atom. The summed E-state index contributed by atoms with van der Waals surface area (Å²) >= 11 is 0. The summed E-state index contributed by atoms with van der Waals surface area (Å²) in [6, 6.07) is 18.6. The number of hydrogen-bond donors (Lipinski definition) is 3. The normalized spacial score (nSPS) is 15.6. The van der Waals surface area contributed by atoms with Gasteiger partial charge in [-0.15, -0.1) is 0 Å². The Morgan fingerprint density at radius 3 is 2.45 bits per heavy atom. The first-order valence-electron chi connectivity index (χ1n) is 11.3. The van der Waals surface area contributed by atoms with Gasteiger partial charge in [-0.1, -0.05) is 48.0 Å². The average Bonchev–Trinajstić information content (AvgIpc) is 2.79. The van der Waals surface area contributed by atoms with Crippen LogP contribution in [0.15, 0.2) is 59.6 Å². The SMILES string of the molecule is Cc1ccc(CN=C(NCCCCN2CCC(C(N)=O)CC2)Nc2ccccc2)cc1. The molecule has 1 heterocycles. The van der Waals surface area contributed by atoms with Gasteiger partial charge < -0.3 is 21.3 Å². The Labute approximate surface area is 185 Å². The number of carbonyl (C=O) groups excluding carboxylic acids is 1. The molecule has 2 aromatic carbocycles. The summed E-state index contributed by atoms with van der Waals surface area (Å²) in [5.74, 6) is 0.718. The van der Waals surface area contributed by atoms with E-state index in [1.54, 1.807) is 0 Å². The molecule has 0 aromatic heterocycles. The van der Waals surface area contributed by atoms with Gasteiger partial charge in [0.1, 0.15) is 0 Å². The molecule has 0 atom stereocenters. The number of nitrogens with two attached hydrogens (primary N) is 1. The zero-order valence-electron chi connectivity index (χ0n) is 18.5. The molecular formula is C25H35N5O. The van der Waals surface area contributed by atoms with Gasteiger partial charge in [-0.05, 0) is 69.9 Å². The van der Waals surface area contributed by atoms with Crippen molar-refractivity contribution in [3.63, 3.8) is 0 Å². The van der Waals surface area contributed by atoms with Crippen molar-refractivity contribution in [2.75, 3.05) is 31.5 Å². The zero-order valence-corrected chi connectivity index (χ0v) is 18.5. The maximum absolute atomic E-state index is 11.3. The molecule has 0 aliphatic carbocycles. The van der Waals surface area contributed by atoms with Gasteiger partial charge >= 0.3 is 0 Å². The van der Waals surface area contributed by atoms with Crippen molar-refractivity contribution in [2.45, 2.75) is 39.2 Å². The van der Waals surface area contributed by atoms with Gasteiger partial charge in [0.2, 0.25) is 5.91 Å². The molecule has 6 heteroatoms. The van der Waals surface area contributed by atoms with Crippen molar-refractivity contribution < 1.29 is 4.79 Å². The van der Waals surface area contributed by atoms with E-state index in [1.165, 1.54) is 11.1 Å². The third-order valence-electron chi connectivity index (χ3n) is 5.76. The highest BCUT2D eigenvalue weighted by molar-refractivity contribution is 5.93. The molecule has 0 bridgehead atoms. The van der Waals surface area contributed by atoms with Crippen LogP contribution in [-0.2, 0) is 11.3 Å². The van der Waals surface area contributed by atoms with Crippen LogP contribution in [0.4, 0.5) is 5.69 Å². The number of amides is 1. The number of likely N-dealkylation sites (tertiary alicyclic amines) is 1. The third kappa shape index (κ3) is 8.06. The fourth-order valence-electron chi connectivity index (χ4n) is 3.77. The van der Waals surface area contributed by atoms with Crippen molar-refractivity contribution in [1.29, 1.82) is 0 Å². The minimum Gasteiger partial charge on any atom is -0.369 e. The number of nitrogens with zero attached hydrogens (tertiary/aromatic N) is 2. The van der Waals surface area contributed by atoms with E-state index in [0.717, 1.165) is 63.5 Å². The van der Waals surface area contributed by atoms with Crippen LogP contribution in [0.1, 0.15) is 36.8 Å². The zero-order chi connectivity index (χ0) is 21.9. The number of guanidine groups is 1. The van der Waals surface area contributed by atoms with E-state index in [9.17, 15) is 4.79 Å². The second-order valence-corrected chi connectivity index (χ2v) is 8.29. The average molecular weight is 422 g/mol. The molecule has 1 aliphatic heterocycles. The molecule has 6 nitrogen and oxygen atoms in total. The lowest BCUT2D eigenvalue weighted by molar-refractivity contribution is -0.123. The number of anilines is 1. The van der Waals surface area contributed by atoms with Gasteiger partial charge in [0.15, 0.2) is 5.96 Å². The first-order chi connectivity index (χ1) is 15.1. The second-order valence-electron chi connectivity index (χ2n) is 8.29. The number of carbonyl (C=O) groups is 1. The Kier molecular flexibility index (Phi) is 8.91. The minimum atomic E-state index is -0.146. The number of primary amides is 1. The maximum atomic E-state index is 11.3. The van der Waals surface area contributed by atoms with Crippen molar-refractivity contribution in [1.82, 2.24) is 10.2 Å². The summed E-state index contributed by atoms with van der Waals surface area (Å²) in [6.45, 7) is 6.60. The molecule has 166 valence electrons. The van der Waals surface area contributed by atoms with E-state index >= 15 is 0 Å². The molecule has 1 amide bonds. The van der Waals surface area contributed by atoms with Gasteiger partial charge in [0.05, 0.1) is 6.54 Å². The Hall–Kier alpha value is -2.86. The molecule has 0 spiro atoms. The summed E-state index contributed by atoms with van der Waals surface area (Å²) in [5, 5.41) is 6.87. The van der Waals surface area contributed by atoms with Gasteiger partial charge in [0, 0.05) is 18.2 Å². The van der Waals surface area contributed by atoms with Crippen LogP contribution in [0, 0.1) is 12.8 Å². The largest absolute Gasteiger partial charge is 0.369 e. The lowest BCUT2D eigenvalue weighted by Gasteiger charge is -2.30. The van der Waals surface area contributed by atoms with Crippen molar-refractivity contribution in [2.24, 2.45) is 16.6 Å². The van der Waals surface area contributed by atoms with E-state index < -0.39 is 0 Å². The topological polar surface area (TPSA) is 82.8 Å². The number of hydrogen-bond acceptors (Lipinski definition) is 3. The van der Waals surface area contributed by atoms with E-state index in [0.29, 0.717) is 6.54 Å². The first-order valence-corrected chi connectivity index (χ1v) is 11.3. The van der Waals surface area contributed by atoms with E-state index in [-0.39, 0.29) is 11.8 Å². The van der Waals surface area contributed by atoms with Crippen LogP contribution in [0.2, 0.25) is 0 Å². The Morgan fingerprint density at radius 2 is 1.77 bits per heavy atom. The maximum Gasteiger partial charge on any atom is 0.220 e. The highest BCUT2D eigenvalue weighted by Gasteiger charge is 2.22. The summed E-state index contributed by atoms with van der Waals surface area (Å²) < 4.78 is 0. The molecule has 2 aromatic rings. The van der Waals surface area contributed by atoms with Crippen LogP contribution in [0.3, 0.4) is 0 Å². The first kappa shape index (κ1) is 22.8. The lowest BCUT2D eigenvalue weighted by Crippen LogP contribution is -2.39. The van der Waals surface area contributed by atoms with E-state index in [2.05, 4.69) is 46.7 Å². The molecule has 1 aliphatic rings. The number of nitrogens with one attached hydrogen (secondary N) is 2. The highest BCUT2D eigenvalue weighted by atomic mass is 16.1. The summed E-state index contributed by atoms with van der Waals surface area (Å²) in [4.78, 5) is 18.5. The van der Waals surface area contributed by atoms with Crippen molar-refractivity contribution in [3.8, 4) is 0 Å². The number of para-hydroxylation sites is 1. The summed E-state index contributed by atoms with van der Waals surface area (Å²) in [6.07, 6.45) is 3.97. The van der Waals surface area contributed by atoms with Gasteiger partial charge in [-0.2, -0.15) is 0 Å². The van der Waals surface area contributed by atoms with Gasteiger partial charge in [0.25, 0.3) is 0 Å². The fourth-order valence-corrected chi connectivity index (χ4v) is 3.77. The molecule has 3 rings (SSSR count). The van der Waals surface area contributed by atoms with Crippen LogP contribution in [0.5, 0.6) is 0 Å². The van der Waals surface area contributed by atoms with E-state index in [1.807, 2.05) is 30.3 Å². The summed E-state index contributed by atoms with van der Waals surface area (Å²) in [5.41, 5.74) is 8.89. The number of benzene rings is 2. The molecule has 0 radical (unpaired) electrons. The van der Waals surface area contributed by atoms with Crippen LogP contribution in [0.25, 0.3) is 0 Å². The quantitative estimate of drug-likeness (QED) is 0.329. The predicted molar refractivity (Wildman–Crippen MR) is 128 cm³/mol. The van der Waals surface area contributed by atoms with Crippen LogP contribution in [-0.4, -0.2) is 42.9 Å². The molecular weight excluding hydrogens is 386 g/mol. The third-order valence-corrected chi connectivity index (χ3v) is 5.76. The minimum absolute atomic E-state index is 0.0641. The van der Waals surface area contributed by atoms with Crippen LogP contribution < -0.4 is 16.4 Å². The number of rotatable bonds is 9. The predicted octanol–water partition coefficient (Wildman–Crippen LogP) is 3.53. The van der Waals surface area contributed by atoms with Crippen molar-refractivity contribution in [3.05, 3.63) is 65.7 Å². The molecule has 0 saturated carbocycles.